The number of nitrogens with zero attached hydrogens (tertiary/aromatic N) is 4. The zero-order valence-electron chi connectivity index (χ0n) is 11.7. The molecule has 1 aliphatic heterocycles. The van der Waals surface area contributed by atoms with Crippen molar-refractivity contribution in [2.24, 2.45) is 0 Å². The Hall–Kier alpha value is -1.36. The van der Waals surface area contributed by atoms with Gasteiger partial charge < -0.3 is 10.6 Å². The smallest absolute Gasteiger partial charge is 0.221 e. The van der Waals surface area contributed by atoms with Gasteiger partial charge in [-0.1, -0.05) is 12.8 Å². The monoisotopic (exact) mass is 261 g/mol. The number of nitrogens with two attached hydrogens (primary N) is 1. The van der Waals surface area contributed by atoms with Gasteiger partial charge in [0.25, 0.3) is 0 Å². The average Bonchev–Trinajstić information content (AvgIpc) is 2.96. The maximum absolute atomic E-state index is 5.70. The molecule has 3 rings (SSSR count). The zero-order chi connectivity index (χ0) is 13.2. The lowest BCUT2D eigenvalue weighted by molar-refractivity contribution is 0.187. The van der Waals surface area contributed by atoms with Crippen LogP contribution in [0.2, 0.25) is 0 Å². The van der Waals surface area contributed by atoms with Crippen molar-refractivity contribution >= 4 is 11.8 Å². The molecule has 1 aliphatic carbocycles. The van der Waals surface area contributed by atoms with Crippen LogP contribution in [0.15, 0.2) is 6.20 Å². The minimum absolute atomic E-state index is 0.374. The Morgan fingerprint density at radius 3 is 2.53 bits per heavy atom. The number of hydrogen-bond donors (Lipinski definition) is 1. The first-order valence-electron chi connectivity index (χ1n) is 7.32. The number of aromatic nitrogens is 2. The summed E-state index contributed by atoms with van der Waals surface area (Å²) in [6.07, 6.45) is 7.42. The van der Waals surface area contributed by atoms with Gasteiger partial charge in [0.1, 0.15) is 5.82 Å². The van der Waals surface area contributed by atoms with E-state index in [1.54, 1.807) is 0 Å². The quantitative estimate of drug-likeness (QED) is 0.873. The molecule has 0 amide bonds. The van der Waals surface area contributed by atoms with Crippen molar-refractivity contribution in [3.05, 3.63) is 11.8 Å². The Bertz CT molecular complexity index is 433. The van der Waals surface area contributed by atoms with Crippen LogP contribution in [0, 0.1) is 6.92 Å². The van der Waals surface area contributed by atoms with E-state index < -0.39 is 0 Å². The zero-order valence-corrected chi connectivity index (χ0v) is 11.7. The summed E-state index contributed by atoms with van der Waals surface area (Å²) in [5.74, 6) is 1.39. The third kappa shape index (κ3) is 2.66. The van der Waals surface area contributed by atoms with Crippen LogP contribution < -0.4 is 10.6 Å². The summed E-state index contributed by atoms with van der Waals surface area (Å²) in [7, 11) is 0. The van der Waals surface area contributed by atoms with Crippen LogP contribution in [0.5, 0.6) is 0 Å². The van der Waals surface area contributed by atoms with E-state index in [0.29, 0.717) is 5.95 Å². The van der Waals surface area contributed by atoms with Gasteiger partial charge in [-0.25, -0.2) is 4.98 Å². The summed E-state index contributed by atoms with van der Waals surface area (Å²) in [4.78, 5) is 13.4. The largest absolute Gasteiger partial charge is 0.368 e. The Morgan fingerprint density at radius 2 is 1.84 bits per heavy atom. The Labute approximate surface area is 114 Å². The minimum Gasteiger partial charge on any atom is -0.368 e. The molecule has 0 spiro atoms. The molecule has 2 heterocycles. The summed E-state index contributed by atoms with van der Waals surface area (Å²) in [5.41, 5.74) is 6.82. The fourth-order valence-electron chi connectivity index (χ4n) is 3.33. The third-order valence-corrected chi connectivity index (χ3v) is 4.42. The van der Waals surface area contributed by atoms with Crippen LogP contribution in [0.4, 0.5) is 11.8 Å². The number of anilines is 2. The number of aryl methyl sites for hydroxylation is 1. The van der Waals surface area contributed by atoms with E-state index in [2.05, 4.69) is 26.7 Å². The number of hydrogen-bond acceptors (Lipinski definition) is 5. The van der Waals surface area contributed by atoms with Gasteiger partial charge in [0.05, 0.1) is 0 Å². The lowest BCUT2D eigenvalue weighted by Crippen LogP contribution is -2.50. The maximum Gasteiger partial charge on any atom is 0.221 e. The van der Waals surface area contributed by atoms with Crippen molar-refractivity contribution in [1.29, 1.82) is 0 Å². The van der Waals surface area contributed by atoms with Crippen molar-refractivity contribution in [3.63, 3.8) is 0 Å². The Kier molecular flexibility index (Phi) is 3.55. The fraction of sp³-hybridized carbons (Fsp3) is 0.714. The van der Waals surface area contributed by atoms with Crippen LogP contribution in [0.25, 0.3) is 0 Å². The summed E-state index contributed by atoms with van der Waals surface area (Å²) in [6.45, 7) is 6.45. The molecule has 1 aromatic heterocycles. The molecule has 1 aromatic rings. The molecule has 5 nitrogen and oxygen atoms in total. The highest BCUT2D eigenvalue weighted by molar-refractivity contribution is 5.48. The first-order chi connectivity index (χ1) is 9.24. The van der Waals surface area contributed by atoms with Crippen LogP contribution in [-0.2, 0) is 0 Å². The molecule has 0 radical (unpaired) electrons. The summed E-state index contributed by atoms with van der Waals surface area (Å²) in [6, 6.07) is 0.832. The molecule has 2 fully saturated rings. The highest BCUT2D eigenvalue weighted by Gasteiger charge is 2.27. The third-order valence-electron chi connectivity index (χ3n) is 4.42. The van der Waals surface area contributed by atoms with E-state index in [4.69, 9.17) is 5.73 Å². The predicted octanol–water partition coefficient (Wildman–Crippen LogP) is 1.43. The van der Waals surface area contributed by atoms with Crippen molar-refractivity contribution in [3.8, 4) is 0 Å². The van der Waals surface area contributed by atoms with Gasteiger partial charge in [0, 0.05) is 44.0 Å². The first-order valence-corrected chi connectivity index (χ1v) is 7.32. The van der Waals surface area contributed by atoms with E-state index in [1.165, 1.54) is 25.7 Å². The van der Waals surface area contributed by atoms with Crippen LogP contribution >= 0.6 is 0 Å². The molecular formula is C14H23N5. The van der Waals surface area contributed by atoms with Crippen molar-refractivity contribution < 1.29 is 0 Å². The Morgan fingerprint density at radius 1 is 1.16 bits per heavy atom. The number of piperazine rings is 1. The van der Waals surface area contributed by atoms with E-state index in [1.807, 2.05) is 6.20 Å². The molecule has 104 valence electrons. The second kappa shape index (κ2) is 5.33. The van der Waals surface area contributed by atoms with Crippen LogP contribution in [0.1, 0.15) is 31.2 Å². The molecular weight excluding hydrogens is 238 g/mol. The number of nitrogen functional groups attached to an aromatic ring is 1. The summed E-state index contributed by atoms with van der Waals surface area (Å²) < 4.78 is 0. The second-order valence-corrected chi connectivity index (χ2v) is 5.70. The van der Waals surface area contributed by atoms with Gasteiger partial charge in [-0.15, -0.1) is 0 Å². The molecule has 1 saturated carbocycles. The molecule has 0 unspecified atom stereocenters. The molecule has 5 heteroatoms. The fourth-order valence-corrected chi connectivity index (χ4v) is 3.33. The molecule has 0 bridgehead atoms. The standard InChI is InChI=1S/C14H23N5/c1-11-10-16-14(15)17-13(11)19-8-6-18(7-9-19)12-4-2-3-5-12/h10,12H,2-9H2,1H3,(H2,15,16,17). The minimum atomic E-state index is 0.374. The Balaban J connectivity index is 1.64. The van der Waals surface area contributed by atoms with Gasteiger partial charge in [-0.2, -0.15) is 4.98 Å². The molecule has 0 atom stereocenters. The second-order valence-electron chi connectivity index (χ2n) is 5.70. The average molecular weight is 261 g/mol. The lowest BCUT2D eigenvalue weighted by Gasteiger charge is -2.39. The van der Waals surface area contributed by atoms with Gasteiger partial charge in [0.15, 0.2) is 0 Å². The van der Waals surface area contributed by atoms with E-state index in [0.717, 1.165) is 43.6 Å². The molecule has 2 N–H and O–H groups in total. The van der Waals surface area contributed by atoms with Gasteiger partial charge in [-0.05, 0) is 19.8 Å². The van der Waals surface area contributed by atoms with E-state index in [-0.39, 0.29) is 0 Å². The van der Waals surface area contributed by atoms with Crippen molar-refractivity contribution in [2.75, 3.05) is 36.8 Å². The van der Waals surface area contributed by atoms with E-state index >= 15 is 0 Å². The normalized spacial score (nSPS) is 22.1. The highest BCUT2D eigenvalue weighted by atomic mass is 15.3. The molecule has 2 aliphatic rings. The number of rotatable bonds is 2. The highest BCUT2D eigenvalue weighted by Crippen LogP contribution is 2.26. The summed E-state index contributed by atoms with van der Waals surface area (Å²) in [5, 5.41) is 0. The van der Waals surface area contributed by atoms with E-state index in [9.17, 15) is 0 Å². The van der Waals surface area contributed by atoms with Crippen molar-refractivity contribution in [2.45, 2.75) is 38.6 Å². The van der Waals surface area contributed by atoms with Gasteiger partial charge in [-0.3, -0.25) is 4.90 Å². The van der Waals surface area contributed by atoms with Gasteiger partial charge in [0.2, 0.25) is 5.95 Å². The first kappa shape index (κ1) is 12.7. The van der Waals surface area contributed by atoms with Gasteiger partial charge >= 0.3 is 0 Å². The molecule has 0 aromatic carbocycles. The molecule has 19 heavy (non-hydrogen) atoms. The maximum atomic E-state index is 5.70. The summed E-state index contributed by atoms with van der Waals surface area (Å²) >= 11 is 0. The predicted molar refractivity (Wildman–Crippen MR) is 77.2 cm³/mol. The topological polar surface area (TPSA) is 58.3 Å². The van der Waals surface area contributed by atoms with Crippen molar-refractivity contribution in [1.82, 2.24) is 14.9 Å². The molecule has 1 saturated heterocycles. The SMILES string of the molecule is Cc1cnc(N)nc1N1CCN(C2CCCC2)CC1. The van der Waals surface area contributed by atoms with Crippen LogP contribution in [0.3, 0.4) is 0 Å². The van der Waals surface area contributed by atoms with Crippen LogP contribution in [-0.4, -0.2) is 47.1 Å². The lowest BCUT2D eigenvalue weighted by atomic mass is 10.1.